The highest BCUT2D eigenvalue weighted by Crippen LogP contribution is 2.25. The molecule has 2 N–H and O–H groups in total. The van der Waals surface area contributed by atoms with Crippen molar-refractivity contribution in [2.24, 2.45) is 0 Å². The third kappa shape index (κ3) is 4.33. The van der Waals surface area contributed by atoms with E-state index in [0.29, 0.717) is 16.3 Å². The Morgan fingerprint density at radius 3 is 2.20 bits per heavy atom. The molecule has 0 saturated heterocycles. The largest absolute Gasteiger partial charge is 0.279 e. The van der Waals surface area contributed by atoms with Gasteiger partial charge in [0, 0.05) is 11.1 Å². The Morgan fingerprint density at radius 1 is 0.960 bits per heavy atom. The fourth-order valence-electron chi connectivity index (χ4n) is 2.24. The van der Waals surface area contributed by atoms with E-state index in [1.54, 1.807) is 25.1 Å². The Hall–Kier alpha value is -1.61. The molecule has 0 aromatic heterocycles. The number of anilines is 1. The molecule has 6 nitrogen and oxygen atoms in total. The van der Waals surface area contributed by atoms with E-state index in [4.69, 9.17) is 11.6 Å². The predicted molar refractivity (Wildman–Crippen MR) is 96.8 cm³/mol. The van der Waals surface area contributed by atoms with E-state index in [0.717, 1.165) is 18.9 Å². The van der Waals surface area contributed by atoms with E-state index in [9.17, 15) is 16.8 Å². The average Bonchev–Trinajstić information content (AvgIpc) is 3.33. The monoisotopic (exact) mass is 400 g/mol. The molecule has 25 heavy (non-hydrogen) atoms. The van der Waals surface area contributed by atoms with Crippen molar-refractivity contribution in [2.45, 2.75) is 35.6 Å². The molecule has 3 rings (SSSR count). The van der Waals surface area contributed by atoms with E-state index in [2.05, 4.69) is 9.44 Å². The van der Waals surface area contributed by atoms with Crippen molar-refractivity contribution in [1.29, 1.82) is 0 Å². The van der Waals surface area contributed by atoms with Crippen LogP contribution < -0.4 is 9.44 Å². The summed E-state index contributed by atoms with van der Waals surface area (Å²) < 4.78 is 54.7. The molecule has 0 atom stereocenters. The SMILES string of the molecule is Cc1cc(Cl)ccc1NS(=O)(=O)c1cccc(S(=O)(=O)NC2CC2)c1. The van der Waals surface area contributed by atoms with Crippen LogP contribution >= 0.6 is 11.6 Å². The number of hydrogen-bond donors (Lipinski definition) is 2. The predicted octanol–water partition coefficient (Wildman–Crippen LogP) is 2.89. The molecular formula is C16H17ClN2O4S2. The summed E-state index contributed by atoms with van der Waals surface area (Å²) in [5.41, 5.74) is 1.05. The lowest BCUT2D eigenvalue weighted by Crippen LogP contribution is -2.26. The van der Waals surface area contributed by atoms with Crippen LogP contribution in [0.4, 0.5) is 5.69 Å². The van der Waals surface area contributed by atoms with Crippen molar-refractivity contribution in [2.75, 3.05) is 4.72 Å². The lowest BCUT2D eigenvalue weighted by molar-refractivity contribution is 0.580. The minimum absolute atomic E-state index is 0.0555. The van der Waals surface area contributed by atoms with E-state index >= 15 is 0 Å². The van der Waals surface area contributed by atoms with Crippen LogP contribution in [0.2, 0.25) is 5.02 Å². The van der Waals surface area contributed by atoms with Crippen LogP contribution in [0.25, 0.3) is 0 Å². The van der Waals surface area contributed by atoms with Crippen LogP contribution in [0.5, 0.6) is 0 Å². The second-order valence-electron chi connectivity index (χ2n) is 5.94. The second kappa shape index (κ2) is 6.60. The maximum Gasteiger partial charge on any atom is 0.261 e. The van der Waals surface area contributed by atoms with Crippen molar-refractivity contribution in [3.63, 3.8) is 0 Å². The molecule has 0 bridgehead atoms. The van der Waals surface area contributed by atoms with Gasteiger partial charge in [-0.05, 0) is 61.7 Å². The molecule has 1 saturated carbocycles. The Balaban J connectivity index is 1.91. The van der Waals surface area contributed by atoms with E-state index < -0.39 is 20.0 Å². The lowest BCUT2D eigenvalue weighted by Gasteiger charge is -2.12. The summed E-state index contributed by atoms with van der Waals surface area (Å²) in [6, 6.07) is 10.0. The number of nitrogens with one attached hydrogen (secondary N) is 2. The Bertz CT molecular complexity index is 1020. The van der Waals surface area contributed by atoms with Crippen molar-refractivity contribution >= 4 is 37.3 Å². The van der Waals surface area contributed by atoms with Crippen LogP contribution in [0.1, 0.15) is 18.4 Å². The first-order valence-corrected chi connectivity index (χ1v) is 10.9. The summed E-state index contributed by atoms with van der Waals surface area (Å²) in [6.45, 7) is 1.73. The van der Waals surface area contributed by atoms with Gasteiger partial charge in [-0.2, -0.15) is 0 Å². The van der Waals surface area contributed by atoms with Crippen LogP contribution in [-0.4, -0.2) is 22.9 Å². The first-order chi connectivity index (χ1) is 11.7. The van der Waals surface area contributed by atoms with Gasteiger partial charge in [0.25, 0.3) is 10.0 Å². The maximum absolute atomic E-state index is 12.6. The lowest BCUT2D eigenvalue weighted by atomic mass is 10.2. The van der Waals surface area contributed by atoms with Gasteiger partial charge < -0.3 is 0 Å². The highest BCUT2D eigenvalue weighted by atomic mass is 35.5. The van der Waals surface area contributed by atoms with Crippen LogP contribution in [0, 0.1) is 6.92 Å². The zero-order valence-corrected chi connectivity index (χ0v) is 15.7. The van der Waals surface area contributed by atoms with Crippen LogP contribution in [0.15, 0.2) is 52.3 Å². The number of rotatable bonds is 6. The fraction of sp³-hybridized carbons (Fsp3) is 0.250. The Morgan fingerprint density at radius 2 is 1.60 bits per heavy atom. The highest BCUT2D eigenvalue weighted by molar-refractivity contribution is 7.93. The molecule has 0 radical (unpaired) electrons. The minimum Gasteiger partial charge on any atom is -0.279 e. The van der Waals surface area contributed by atoms with E-state index in [1.807, 2.05) is 0 Å². The topological polar surface area (TPSA) is 92.3 Å². The molecule has 9 heteroatoms. The van der Waals surface area contributed by atoms with Crippen LogP contribution in [0.3, 0.4) is 0 Å². The smallest absolute Gasteiger partial charge is 0.261 e. The van der Waals surface area contributed by atoms with Gasteiger partial charge in [0.1, 0.15) is 0 Å². The van der Waals surface area contributed by atoms with E-state index in [1.165, 1.54) is 18.2 Å². The van der Waals surface area contributed by atoms with Gasteiger partial charge in [0.2, 0.25) is 10.0 Å². The number of aryl methyl sites for hydroxylation is 1. The molecule has 0 heterocycles. The summed E-state index contributed by atoms with van der Waals surface area (Å²) in [5.74, 6) is 0. The Labute approximate surface area is 152 Å². The van der Waals surface area contributed by atoms with Gasteiger partial charge in [-0.15, -0.1) is 0 Å². The average molecular weight is 401 g/mol. The number of benzene rings is 2. The highest BCUT2D eigenvalue weighted by Gasteiger charge is 2.28. The van der Waals surface area contributed by atoms with Gasteiger partial charge >= 0.3 is 0 Å². The van der Waals surface area contributed by atoms with Gasteiger partial charge in [-0.3, -0.25) is 4.72 Å². The van der Waals surface area contributed by atoms with Gasteiger partial charge in [0.05, 0.1) is 15.5 Å². The summed E-state index contributed by atoms with van der Waals surface area (Å²) in [7, 11) is -7.66. The van der Waals surface area contributed by atoms with Crippen LogP contribution in [-0.2, 0) is 20.0 Å². The van der Waals surface area contributed by atoms with Crippen molar-refractivity contribution in [1.82, 2.24) is 4.72 Å². The van der Waals surface area contributed by atoms with Crippen molar-refractivity contribution < 1.29 is 16.8 Å². The molecular weight excluding hydrogens is 384 g/mol. The second-order valence-corrected chi connectivity index (χ2v) is 9.77. The minimum atomic E-state index is -3.93. The standard InChI is InChI=1S/C16H17ClN2O4S2/c1-11-9-12(17)5-8-16(11)19-25(22,23)15-4-2-3-14(10-15)24(20,21)18-13-6-7-13/h2-5,8-10,13,18-19H,6-7H2,1H3. The zero-order chi connectivity index (χ0) is 18.2. The third-order valence-corrected chi connectivity index (χ3v) is 6.87. The molecule has 0 amide bonds. The maximum atomic E-state index is 12.6. The molecule has 134 valence electrons. The first kappa shape index (κ1) is 18.2. The number of halogens is 1. The quantitative estimate of drug-likeness (QED) is 0.779. The Kier molecular flexibility index (Phi) is 4.80. The summed E-state index contributed by atoms with van der Waals surface area (Å²) in [4.78, 5) is -0.198. The zero-order valence-electron chi connectivity index (χ0n) is 13.4. The number of hydrogen-bond acceptors (Lipinski definition) is 4. The molecule has 0 unspecified atom stereocenters. The summed E-state index contributed by atoms with van der Waals surface area (Å²) in [5, 5.41) is 0.500. The number of sulfonamides is 2. The normalized spacial score (nSPS) is 15.1. The molecule has 0 spiro atoms. The van der Waals surface area contributed by atoms with Gasteiger partial charge in [-0.1, -0.05) is 17.7 Å². The van der Waals surface area contributed by atoms with Gasteiger partial charge in [0.15, 0.2) is 0 Å². The summed E-state index contributed by atoms with van der Waals surface area (Å²) in [6.07, 6.45) is 1.60. The van der Waals surface area contributed by atoms with Crippen molar-refractivity contribution in [3.8, 4) is 0 Å². The molecule has 2 aromatic carbocycles. The first-order valence-electron chi connectivity index (χ1n) is 7.59. The molecule has 1 aliphatic rings. The fourth-order valence-corrected chi connectivity index (χ4v) is 5.07. The molecule has 0 aliphatic heterocycles. The molecule has 2 aromatic rings. The molecule has 1 fully saturated rings. The third-order valence-electron chi connectivity index (χ3n) is 3.76. The molecule has 1 aliphatic carbocycles. The summed E-state index contributed by atoms with van der Waals surface area (Å²) >= 11 is 5.87. The van der Waals surface area contributed by atoms with Gasteiger partial charge in [-0.25, -0.2) is 21.6 Å². The van der Waals surface area contributed by atoms with Crippen molar-refractivity contribution in [3.05, 3.63) is 53.1 Å². The van der Waals surface area contributed by atoms with E-state index in [-0.39, 0.29) is 15.8 Å².